The van der Waals surface area contributed by atoms with Gasteiger partial charge in [0.25, 0.3) is 0 Å². The van der Waals surface area contributed by atoms with E-state index in [9.17, 15) is 0 Å². The smallest absolute Gasteiger partial charge is 0.228 e. The predicted octanol–water partition coefficient (Wildman–Crippen LogP) is 0.751. The number of aliphatic hydroxyl groups is 1. The van der Waals surface area contributed by atoms with Gasteiger partial charge in [-0.3, -0.25) is 0 Å². The highest BCUT2D eigenvalue weighted by molar-refractivity contribution is 6.28. The summed E-state index contributed by atoms with van der Waals surface area (Å²) in [5.41, 5.74) is 0. The van der Waals surface area contributed by atoms with Crippen molar-refractivity contribution in [3.63, 3.8) is 0 Å². The Morgan fingerprint density at radius 1 is 1.20 bits per heavy atom. The molecule has 0 amide bonds. The molecule has 0 radical (unpaired) electrons. The second kappa shape index (κ2) is 6.36. The summed E-state index contributed by atoms with van der Waals surface area (Å²) in [6.45, 7) is 0.894. The van der Waals surface area contributed by atoms with Crippen molar-refractivity contribution in [3.8, 4) is 0 Å². The van der Waals surface area contributed by atoms with Crippen LogP contribution in [0.3, 0.4) is 0 Å². The van der Waals surface area contributed by atoms with Crippen molar-refractivity contribution in [2.75, 3.05) is 30.8 Å². The molecule has 1 aromatic heterocycles. The number of hydrogen-bond acceptors (Lipinski definition) is 6. The van der Waals surface area contributed by atoms with Crippen LogP contribution < -0.4 is 10.6 Å². The molecule has 3 N–H and O–H groups in total. The van der Waals surface area contributed by atoms with E-state index in [0.29, 0.717) is 18.4 Å². The first kappa shape index (κ1) is 11.9. The van der Waals surface area contributed by atoms with Crippen molar-refractivity contribution in [1.29, 1.82) is 0 Å². The molecule has 0 aliphatic rings. The van der Waals surface area contributed by atoms with E-state index < -0.39 is 0 Å². The summed E-state index contributed by atoms with van der Waals surface area (Å²) in [5, 5.41) is 14.5. The van der Waals surface area contributed by atoms with E-state index in [1.165, 1.54) is 0 Å². The molecule has 0 spiro atoms. The fraction of sp³-hybridized carbons (Fsp3) is 0.625. The van der Waals surface area contributed by atoms with Gasteiger partial charge in [0.05, 0.1) is 0 Å². The topological polar surface area (TPSA) is 83.0 Å². The molecule has 0 atom stereocenters. The van der Waals surface area contributed by atoms with Gasteiger partial charge in [0.2, 0.25) is 17.2 Å². The van der Waals surface area contributed by atoms with Crippen LogP contribution in [0.5, 0.6) is 0 Å². The molecule has 7 heteroatoms. The van der Waals surface area contributed by atoms with Crippen molar-refractivity contribution in [2.45, 2.75) is 12.8 Å². The Labute approximate surface area is 93.1 Å². The largest absolute Gasteiger partial charge is 0.396 e. The van der Waals surface area contributed by atoms with Gasteiger partial charge >= 0.3 is 0 Å². The number of unbranched alkanes of at least 4 members (excludes halogenated alkanes) is 1. The first-order valence-corrected chi connectivity index (χ1v) is 5.08. The number of hydrogen-bond donors (Lipinski definition) is 3. The van der Waals surface area contributed by atoms with Gasteiger partial charge in [-0.2, -0.15) is 15.0 Å². The van der Waals surface area contributed by atoms with Gasteiger partial charge < -0.3 is 15.7 Å². The van der Waals surface area contributed by atoms with Crippen LogP contribution in [0.15, 0.2) is 0 Å². The Balaban J connectivity index is 2.49. The molecule has 1 rings (SSSR count). The summed E-state index contributed by atoms with van der Waals surface area (Å²) < 4.78 is 0. The van der Waals surface area contributed by atoms with E-state index in [4.69, 9.17) is 16.7 Å². The molecule has 0 saturated heterocycles. The van der Waals surface area contributed by atoms with Crippen molar-refractivity contribution >= 4 is 23.5 Å². The van der Waals surface area contributed by atoms with E-state index in [-0.39, 0.29) is 11.9 Å². The monoisotopic (exact) mass is 231 g/mol. The van der Waals surface area contributed by atoms with Crippen LogP contribution in [0.25, 0.3) is 0 Å². The SMILES string of the molecule is CNc1nc(Cl)nc(NCCCCO)n1. The molecule has 0 aromatic carbocycles. The lowest BCUT2D eigenvalue weighted by Crippen LogP contribution is -2.08. The van der Waals surface area contributed by atoms with Gasteiger partial charge in [0, 0.05) is 20.2 Å². The summed E-state index contributed by atoms with van der Waals surface area (Å²) in [5.74, 6) is 0.872. The van der Waals surface area contributed by atoms with Gasteiger partial charge in [-0.25, -0.2) is 0 Å². The zero-order valence-corrected chi connectivity index (χ0v) is 9.25. The molecular weight excluding hydrogens is 218 g/mol. The highest BCUT2D eigenvalue weighted by Gasteiger charge is 2.02. The predicted molar refractivity (Wildman–Crippen MR) is 59.2 cm³/mol. The quantitative estimate of drug-likeness (QED) is 0.627. The van der Waals surface area contributed by atoms with E-state index in [0.717, 1.165) is 12.8 Å². The van der Waals surface area contributed by atoms with Crippen molar-refractivity contribution in [1.82, 2.24) is 15.0 Å². The van der Waals surface area contributed by atoms with Crippen LogP contribution >= 0.6 is 11.6 Å². The van der Waals surface area contributed by atoms with Gasteiger partial charge in [0.1, 0.15) is 0 Å². The third kappa shape index (κ3) is 4.26. The van der Waals surface area contributed by atoms with Crippen LogP contribution in [0.4, 0.5) is 11.9 Å². The first-order chi connectivity index (χ1) is 7.26. The minimum Gasteiger partial charge on any atom is -0.396 e. The number of nitrogens with zero attached hydrogens (tertiary/aromatic N) is 3. The standard InChI is InChI=1S/C8H14ClN5O/c1-10-7-12-6(9)13-8(14-7)11-4-2-3-5-15/h15H,2-5H2,1H3,(H2,10,11,12,13,14). The maximum absolute atomic E-state index is 8.59. The Kier molecular flexibility index (Phi) is 5.06. The average molecular weight is 232 g/mol. The number of halogens is 1. The lowest BCUT2D eigenvalue weighted by atomic mass is 10.3. The fourth-order valence-corrected chi connectivity index (χ4v) is 1.14. The summed E-state index contributed by atoms with van der Waals surface area (Å²) in [6, 6.07) is 0. The maximum Gasteiger partial charge on any atom is 0.228 e. The van der Waals surface area contributed by atoms with E-state index in [1.54, 1.807) is 7.05 Å². The lowest BCUT2D eigenvalue weighted by Gasteiger charge is -2.05. The van der Waals surface area contributed by atoms with Gasteiger partial charge in [0.15, 0.2) is 0 Å². The Bertz CT molecular complexity index is 309. The number of aromatic nitrogens is 3. The lowest BCUT2D eigenvalue weighted by molar-refractivity contribution is 0.286. The zero-order chi connectivity index (χ0) is 11.1. The molecule has 0 bridgehead atoms. The molecule has 1 heterocycles. The molecule has 0 saturated carbocycles. The van der Waals surface area contributed by atoms with Crippen molar-refractivity contribution in [2.24, 2.45) is 0 Å². The summed E-state index contributed by atoms with van der Waals surface area (Å²) in [7, 11) is 1.71. The van der Waals surface area contributed by atoms with E-state index in [1.807, 2.05) is 0 Å². The summed E-state index contributed by atoms with van der Waals surface area (Å²) >= 11 is 5.69. The highest BCUT2D eigenvalue weighted by Crippen LogP contribution is 2.08. The fourth-order valence-electron chi connectivity index (χ4n) is 0.978. The van der Waals surface area contributed by atoms with Crippen LogP contribution in [-0.4, -0.2) is 40.3 Å². The third-order valence-electron chi connectivity index (χ3n) is 1.70. The van der Waals surface area contributed by atoms with Crippen molar-refractivity contribution in [3.05, 3.63) is 5.28 Å². The molecule has 0 unspecified atom stereocenters. The first-order valence-electron chi connectivity index (χ1n) is 4.70. The highest BCUT2D eigenvalue weighted by atomic mass is 35.5. The van der Waals surface area contributed by atoms with Crippen molar-refractivity contribution < 1.29 is 5.11 Å². The normalized spacial score (nSPS) is 10.1. The number of anilines is 2. The third-order valence-corrected chi connectivity index (χ3v) is 1.87. The number of rotatable bonds is 6. The number of aliphatic hydroxyl groups excluding tert-OH is 1. The second-order valence-electron chi connectivity index (χ2n) is 2.86. The second-order valence-corrected chi connectivity index (χ2v) is 3.20. The molecule has 0 aliphatic heterocycles. The van der Waals surface area contributed by atoms with Gasteiger partial charge in [-0.1, -0.05) is 0 Å². The Morgan fingerprint density at radius 3 is 2.60 bits per heavy atom. The molecule has 0 fully saturated rings. The summed E-state index contributed by atoms with van der Waals surface area (Å²) in [4.78, 5) is 11.8. The van der Waals surface area contributed by atoms with Crippen LogP contribution in [0.2, 0.25) is 5.28 Å². The van der Waals surface area contributed by atoms with E-state index >= 15 is 0 Å². The summed E-state index contributed by atoms with van der Waals surface area (Å²) in [6.07, 6.45) is 1.61. The van der Waals surface area contributed by atoms with Crippen LogP contribution in [0.1, 0.15) is 12.8 Å². The minimum atomic E-state index is 0.152. The van der Waals surface area contributed by atoms with Gasteiger partial charge in [-0.15, -0.1) is 0 Å². The van der Waals surface area contributed by atoms with Crippen LogP contribution in [-0.2, 0) is 0 Å². The zero-order valence-electron chi connectivity index (χ0n) is 8.50. The van der Waals surface area contributed by atoms with E-state index in [2.05, 4.69) is 25.6 Å². The molecular formula is C8H14ClN5O. The minimum absolute atomic E-state index is 0.152. The molecule has 15 heavy (non-hydrogen) atoms. The van der Waals surface area contributed by atoms with Crippen LogP contribution in [0, 0.1) is 0 Å². The molecule has 84 valence electrons. The Hall–Kier alpha value is -1.14. The van der Waals surface area contributed by atoms with Gasteiger partial charge in [-0.05, 0) is 24.4 Å². The maximum atomic E-state index is 8.59. The molecule has 0 aliphatic carbocycles. The average Bonchev–Trinajstić information content (AvgIpc) is 2.23. The molecule has 1 aromatic rings. The number of nitrogens with one attached hydrogen (secondary N) is 2. The Morgan fingerprint density at radius 2 is 1.93 bits per heavy atom. The molecule has 6 nitrogen and oxygen atoms in total.